The number of nitrogens with zero attached hydrogens (tertiary/aromatic N) is 5. The van der Waals surface area contributed by atoms with Crippen molar-refractivity contribution in [1.82, 2.24) is 15.0 Å². The third-order valence-electron chi connectivity index (χ3n) is 5.44. The van der Waals surface area contributed by atoms with E-state index in [1.54, 1.807) is 22.1 Å². The Hall–Kier alpha value is -2.44. The van der Waals surface area contributed by atoms with Gasteiger partial charge in [-0.2, -0.15) is 23.5 Å². The van der Waals surface area contributed by atoms with Crippen LogP contribution in [0.1, 0.15) is 18.4 Å². The van der Waals surface area contributed by atoms with E-state index in [1.807, 2.05) is 0 Å². The van der Waals surface area contributed by atoms with Gasteiger partial charge in [0.05, 0.1) is 23.8 Å². The van der Waals surface area contributed by atoms with Gasteiger partial charge in [-0.1, -0.05) is 0 Å². The fraction of sp³-hybridized carbons (Fsp3) is 0.526. The summed E-state index contributed by atoms with van der Waals surface area (Å²) in [7, 11) is 0. The smallest absolute Gasteiger partial charge is 0.369 e. The second-order valence-corrected chi connectivity index (χ2v) is 7.24. The number of nitriles is 1. The minimum atomic E-state index is -4.29. The minimum Gasteiger partial charge on any atom is -0.369 e. The van der Waals surface area contributed by atoms with Crippen molar-refractivity contribution in [3.8, 4) is 6.07 Å². The van der Waals surface area contributed by atoms with E-state index < -0.39 is 18.0 Å². The Bertz CT molecular complexity index is 891. The number of hydrogen-bond acceptors (Lipinski definition) is 6. The van der Waals surface area contributed by atoms with E-state index in [-0.39, 0.29) is 19.6 Å². The number of anilines is 1. The van der Waals surface area contributed by atoms with Crippen LogP contribution in [0.4, 0.5) is 18.9 Å². The van der Waals surface area contributed by atoms with Gasteiger partial charge in [-0.25, -0.2) is 0 Å². The van der Waals surface area contributed by atoms with Crippen LogP contribution in [0.15, 0.2) is 24.5 Å². The van der Waals surface area contributed by atoms with Crippen LogP contribution in [-0.2, 0) is 4.84 Å². The second-order valence-electron chi connectivity index (χ2n) is 7.24. The van der Waals surface area contributed by atoms with Crippen molar-refractivity contribution in [2.75, 3.05) is 37.7 Å². The van der Waals surface area contributed by atoms with E-state index >= 15 is 0 Å². The number of alkyl halides is 3. The summed E-state index contributed by atoms with van der Waals surface area (Å²) < 4.78 is 41.2. The SMILES string of the molecule is N#Cc1ccc(N2C[C@H](CN3CCCCO3)[C@@H](C(F)(F)F)C2)c2nccnc12. The highest BCUT2D eigenvalue weighted by Crippen LogP contribution is 2.41. The van der Waals surface area contributed by atoms with Gasteiger partial charge in [0.15, 0.2) is 0 Å². The van der Waals surface area contributed by atoms with Gasteiger partial charge in [0.2, 0.25) is 0 Å². The molecule has 6 nitrogen and oxygen atoms in total. The normalized spacial score (nSPS) is 23.9. The van der Waals surface area contributed by atoms with Gasteiger partial charge in [-0.3, -0.25) is 14.8 Å². The van der Waals surface area contributed by atoms with Gasteiger partial charge in [-0.15, -0.1) is 0 Å². The van der Waals surface area contributed by atoms with E-state index in [4.69, 9.17) is 4.84 Å². The van der Waals surface area contributed by atoms with Crippen LogP contribution in [0, 0.1) is 23.2 Å². The molecule has 28 heavy (non-hydrogen) atoms. The molecule has 2 atom stereocenters. The number of rotatable bonds is 3. The molecule has 0 spiro atoms. The zero-order chi connectivity index (χ0) is 19.7. The molecule has 0 unspecified atom stereocenters. The first kappa shape index (κ1) is 18.9. The Morgan fingerprint density at radius 2 is 1.93 bits per heavy atom. The molecule has 0 bridgehead atoms. The molecule has 0 N–H and O–H groups in total. The van der Waals surface area contributed by atoms with E-state index in [1.165, 1.54) is 12.4 Å². The van der Waals surface area contributed by atoms with Crippen molar-refractivity contribution in [3.63, 3.8) is 0 Å². The molecule has 0 amide bonds. The molecule has 1 aromatic carbocycles. The maximum Gasteiger partial charge on any atom is 0.393 e. The zero-order valence-electron chi connectivity index (χ0n) is 15.2. The largest absolute Gasteiger partial charge is 0.393 e. The average Bonchev–Trinajstić information content (AvgIpc) is 3.12. The van der Waals surface area contributed by atoms with Crippen LogP contribution < -0.4 is 4.90 Å². The molecule has 148 valence electrons. The summed E-state index contributed by atoms with van der Waals surface area (Å²) in [4.78, 5) is 15.7. The number of halogens is 3. The van der Waals surface area contributed by atoms with Gasteiger partial charge < -0.3 is 4.90 Å². The molecular weight excluding hydrogens is 371 g/mol. The van der Waals surface area contributed by atoms with Gasteiger partial charge >= 0.3 is 6.18 Å². The van der Waals surface area contributed by atoms with Crippen LogP contribution in [0.2, 0.25) is 0 Å². The van der Waals surface area contributed by atoms with Crippen LogP contribution in [0.3, 0.4) is 0 Å². The number of hydroxylamine groups is 2. The van der Waals surface area contributed by atoms with Gasteiger partial charge in [0.25, 0.3) is 0 Å². The molecule has 1 aromatic heterocycles. The van der Waals surface area contributed by atoms with E-state index in [2.05, 4.69) is 16.0 Å². The topological polar surface area (TPSA) is 65.3 Å². The molecule has 2 aliphatic rings. The lowest BCUT2D eigenvalue weighted by atomic mass is 9.95. The predicted molar refractivity (Wildman–Crippen MR) is 96.3 cm³/mol. The van der Waals surface area contributed by atoms with Crippen molar-refractivity contribution in [2.24, 2.45) is 11.8 Å². The third-order valence-corrected chi connectivity index (χ3v) is 5.44. The molecule has 2 aliphatic heterocycles. The first-order valence-corrected chi connectivity index (χ1v) is 9.30. The first-order valence-electron chi connectivity index (χ1n) is 9.30. The zero-order valence-corrected chi connectivity index (χ0v) is 15.2. The van der Waals surface area contributed by atoms with Crippen molar-refractivity contribution in [3.05, 3.63) is 30.1 Å². The number of hydrogen-bond donors (Lipinski definition) is 0. The molecule has 2 fully saturated rings. The molecule has 9 heteroatoms. The summed E-state index contributed by atoms with van der Waals surface area (Å²) in [6, 6.07) is 5.32. The lowest BCUT2D eigenvalue weighted by Crippen LogP contribution is -2.40. The summed E-state index contributed by atoms with van der Waals surface area (Å²) >= 11 is 0. The number of aromatic nitrogens is 2. The van der Waals surface area contributed by atoms with E-state index in [0.29, 0.717) is 35.4 Å². The van der Waals surface area contributed by atoms with Gasteiger partial charge in [-0.05, 0) is 25.0 Å². The van der Waals surface area contributed by atoms with Crippen LogP contribution >= 0.6 is 0 Å². The van der Waals surface area contributed by atoms with Crippen LogP contribution in [0.25, 0.3) is 11.0 Å². The Morgan fingerprint density at radius 1 is 1.14 bits per heavy atom. The molecular formula is C19H20F3N5O. The van der Waals surface area contributed by atoms with Crippen molar-refractivity contribution < 1.29 is 18.0 Å². The van der Waals surface area contributed by atoms with Crippen LogP contribution in [0.5, 0.6) is 0 Å². The van der Waals surface area contributed by atoms with Crippen LogP contribution in [-0.4, -0.2) is 54.0 Å². The van der Waals surface area contributed by atoms with E-state index in [9.17, 15) is 18.4 Å². The quantitative estimate of drug-likeness (QED) is 0.801. The van der Waals surface area contributed by atoms with Crippen molar-refractivity contribution >= 4 is 16.7 Å². The van der Waals surface area contributed by atoms with E-state index in [0.717, 1.165) is 12.8 Å². The first-order chi connectivity index (χ1) is 13.5. The molecule has 0 aliphatic carbocycles. The molecule has 3 heterocycles. The second kappa shape index (κ2) is 7.53. The lowest BCUT2D eigenvalue weighted by Gasteiger charge is -2.30. The summed E-state index contributed by atoms with van der Waals surface area (Å²) in [5, 5.41) is 10.9. The molecule has 2 aromatic rings. The Balaban J connectivity index is 1.64. The highest BCUT2D eigenvalue weighted by Gasteiger charge is 2.50. The number of fused-ring (bicyclic) bond motifs is 1. The summed E-state index contributed by atoms with van der Waals surface area (Å²) in [5.41, 5.74) is 1.81. The molecule has 2 saturated heterocycles. The minimum absolute atomic E-state index is 0.139. The fourth-order valence-corrected chi connectivity index (χ4v) is 4.07. The Morgan fingerprint density at radius 3 is 2.61 bits per heavy atom. The summed E-state index contributed by atoms with van der Waals surface area (Å²) in [5.74, 6) is -2.04. The maximum absolute atomic E-state index is 13.7. The third kappa shape index (κ3) is 3.62. The standard InChI is InChI=1S/C19H20F3N5O/c20-19(21,22)15-12-26(10-14(15)11-27-7-1-2-8-28-27)16-4-3-13(9-23)17-18(16)25-6-5-24-17/h3-6,14-15H,1-2,7-8,10-12H2/t14-,15+/m1/s1. The van der Waals surface area contributed by atoms with Crippen molar-refractivity contribution in [1.29, 1.82) is 5.26 Å². The summed E-state index contributed by atoms with van der Waals surface area (Å²) in [6.45, 7) is 1.58. The lowest BCUT2D eigenvalue weighted by molar-refractivity contribution is -0.210. The monoisotopic (exact) mass is 391 g/mol. The average molecular weight is 391 g/mol. The highest BCUT2D eigenvalue weighted by molar-refractivity contribution is 5.92. The Labute approximate surface area is 160 Å². The maximum atomic E-state index is 13.7. The number of benzene rings is 1. The Kier molecular flexibility index (Phi) is 5.08. The molecule has 0 radical (unpaired) electrons. The molecule has 0 saturated carbocycles. The molecule has 4 rings (SSSR count). The predicted octanol–water partition coefficient (Wildman–Crippen LogP) is 3.14. The summed E-state index contributed by atoms with van der Waals surface area (Å²) in [6.07, 6.45) is 0.549. The van der Waals surface area contributed by atoms with Gasteiger partial charge in [0, 0.05) is 44.5 Å². The van der Waals surface area contributed by atoms with Crippen molar-refractivity contribution in [2.45, 2.75) is 19.0 Å². The highest BCUT2D eigenvalue weighted by atomic mass is 19.4. The van der Waals surface area contributed by atoms with Gasteiger partial charge in [0.1, 0.15) is 17.1 Å². The fourth-order valence-electron chi connectivity index (χ4n) is 4.07.